The van der Waals surface area contributed by atoms with Crippen molar-refractivity contribution in [2.45, 2.75) is 77.0 Å². The third-order valence-corrected chi connectivity index (χ3v) is 9.18. The van der Waals surface area contributed by atoms with Gasteiger partial charge in [-0.1, -0.05) is 44.0 Å². The molecule has 1 aliphatic heterocycles. The predicted molar refractivity (Wildman–Crippen MR) is 162 cm³/mol. The minimum atomic E-state index is -4.17. The van der Waals surface area contributed by atoms with Crippen molar-refractivity contribution < 1.29 is 32.6 Å². The maximum absolute atomic E-state index is 13.2. The Hall–Kier alpha value is -3.55. The van der Waals surface area contributed by atoms with Crippen LogP contribution < -0.4 is 15.4 Å². The van der Waals surface area contributed by atoms with Crippen LogP contribution in [0.3, 0.4) is 0 Å². The topological polar surface area (TPSA) is 167 Å². The number of sulfonamides is 1. The molecule has 2 heterocycles. The first kappa shape index (κ1) is 33.9. The molecule has 1 saturated heterocycles. The number of aliphatic carboxylic acids is 1. The number of hydrogen-bond acceptors (Lipinski definition) is 8. The molecule has 2 aromatic rings. The molecule has 1 aromatic heterocycles. The van der Waals surface area contributed by atoms with Crippen molar-refractivity contribution in [2.75, 3.05) is 31.6 Å². The lowest BCUT2D eigenvalue weighted by Gasteiger charge is -2.27. The van der Waals surface area contributed by atoms with Crippen molar-refractivity contribution in [3.63, 3.8) is 0 Å². The zero-order valence-electron chi connectivity index (χ0n) is 25.4. The number of amides is 2. The highest BCUT2D eigenvalue weighted by molar-refractivity contribution is 7.89. The molecule has 3 rings (SSSR count). The van der Waals surface area contributed by atoms with Gasteiger partial charge in [-0.3, -0.25) is 14.4 Å². The van der Waals surface area contributed by atoms with E-state index in [2.05, 4.69) is 20.3 Å². The number of hydrogen-bond donors (Lipinski definition) is 4. The minimum absolute atomic E-state index is 0.0136. The van der Waals surface area contributed by atoms with E-state index in [9.17, 15) is 27.9 Å². The number of anilines is 1. The molecule has 1 aromatic carbocycles. The molecular formula is C30H43N5O7S. The number of ether oxygens (including phenoxy) is 1. The van der Waals surface area contributed by atoms with Crippen molar-refractivity contribution in [3.8, 4) is 0 Å². The summed E-state index contributed by atoms with van der Waals surface area (Å²) < 4.78 is 34.1. The Bertz CT molecular complexity index is 1360. The molecule has 1 fully saturated rings. The zero-order chi connectivity index (χ0) is 31.7. The quantitative estimate of drug-likeness (QED) is 0.235. The van der Waals surface area contributed by atoms with E-state index < -0.39 is 40.6 Å². The Labute approximate surface area is 253 Å². The molecule has 0 saturated carbocycles. The SMILES string of the molecule is CCCC(C)C(=O)N1CC(OCC(=O)NCC(NS(=O)(=O)c2c(C)cc(C)cc2C)C(=O)O)CC1CNc1ccccn1. The van der Waals surface area contributed by atoms with Crippen LogP contribution in [0, 0.1) is 26.7 Å². The third-order valence-electron chi connectivity index (χ3n) is 7.41. The van der Waals surface area contributed by atoms with Crippen molar-refractivity contribution in [1.82, 2.24) is 19.9 Å². The minimum Gasteiger partial charge on any atom is -0.480 e. The summed E-state index contributed by atoms with van der Waals surface area (Å²) in [5.41, 5.74) is 1.87. The van der Waals surface area contributed by atoms with E-state index in [0.717, 1.165) is 18.4 Å². The van der Waals surface area contributed by atoms with E-state index in [0.29, 0.717) is 36.5 Å². The van der Waals surface area contributed by atoms with Crippen LogP contribution in [-0.4, -0.2) is 85.6 Å². The van der Waals surface area contributed by atoms with Crippen LogP contribution in [0.15, 0.2) is 41.4 Å². The summed E-state index contributed by atoms with van der Waals surface area (Å²) in [6.07, 6.45) is 3.43. The second kappa shape index (κ2) is 15.3. The van der Waals surface area contributed by atoms with E-state index in [1.54, 1.807) is 37.1 Å². The van der Waals surface area contributed by atoms with Gasteiger partial charge in [-0.05, 0) is 56.9 Å². The van der Waals surface area contributed by atoms with Gasteiger partial charge in [0.25, 0.3) is 0 Å². The Morgan fingerprint density at radius 3 is 2.47 bits per heavy atom. The lowest BCUT2D eigenvalue weighted by molar-refractivity contribution is -0.139. The van der Waals surface area contributed by atoms with E-state index in [1.807, 2.05) is 39.0 Å². The highest BCUT2D eigenvalue weighted by Crippen LogP contribution is 2.25. The number of benzene rings is 1. The van der Waals surface area contributed by atoms with Gasteiger partial charge < -0.3 is 25.4 Å². The normalized spacial score (nSPS) is 18.2. The maximum atomic E-state index is 13.2. The average Bonchev–Trinajstić information content (AvgIpc) is 3.35. The molecule has 0 spiro atoms. The monoisotopic (exact) mass is 617 g/mol. The predicted octanol–water partition coefficient (Wildman–Crippen LogP) is 2.39. The summed E-state index contributed by atoms with van der Waals surface area (Å²) in [4.78, 5) is 43.7. The molecule has 0 bridgehead atoms. The van der Waals surface area contributed by atoms with Crippen molar-refractivity contribution in [3.05, 3.63) is 53.2 Å². The van der Waals surface area contributed by atoms with Crippen molar-refractivity contribution in [1.29, 1.82) is 0 Å². The van der Waals surface area contributed by atoms with Crippen LogP contribution in [0.2, 0.25) is 0 Å². The van der Waals surface area contributed by atoms with Gasteiger partial charge in [0.05, 0.1) is 17.0 Å². The van der Waals surface area contributed by atoms with Crippen LogP contribution >= 0.6 is 0 Å². The summed E-state index contributed by atoms with van der Waals surface area (Å²) in [6, 6.07) is 7.18. The Morgan fingerprint density at radius 2 is 1.86 bits per heavy atom. The van der Waals surface area contributed by atoms with E-state index in [4.69, 9.17) is 4.74 Å². The number of carboxylic acid groups (broad SMARTS) is 1. The Kier molecular flexibility index (Phi) is 12.0. The molecule has 43 heavy (non-hydrogen) atoms. The number of likely N-dealkylation sites (tertiary alicyclic amines) is 1. The number of pyridine rings is 1. The van der Waals surface area contributed by atoms with Gasteiger partial charge in [-0.15, -0.1) is 0 Å². The largest absolute Gasteiger partial charge is 0.480 e. The molecular weight excluding hydrogens is 574 g/mol. The summed E-state index contributed by atoms with van der Waals surface area (Å²) in [5, 5.41) is 15.4. The molecule has 2 amide bonds. The number of carboxylic acids is 1. The van der Waals surface area contributed by atoms with Gasteiger partial charge >= 0.3 is 5.97 Å². The van der Waals surface area contributed by atoms with Gasteiger partial charge in [-0.25, -0.2) is 13.4 Å². The molecule has 1 aliphatic rings. The smallest absolute Gasteiger partial charge is 0.323 e. The maximum Gasteiger partial charge on any atom is 0.323 e. The fourth-order valence-electron chi connectivity index (χ4n) is 5.46. The molecule has 0 radical (unpaired) electrons. The van der Waals surface area contributed by atoms with Crippen molar-refractivity contribution in [2.24, 2.45) is 5.92 Å². The molecule has 4 atom stereocenters. The fourth-order valence-corrected chi connectivity index (χ4v) is 7.11. The van der Waals surface area contributed by atoms with Crippen LogP contribution in [0.4, 0.5) is 5.82 Å². The summed E-state index contributed by atoms with van der Waals surface area (Å²) in [7, 11) is -4.17. The number of aryl methyl sites for hydroxylation is 3. The standard InChI is InChI=1S/C30H43N5O7S/c1-6-9-20(3)29(37)35-17-24(14-23(35)15-32-26-10-7-8-11-31-26)42-18-27(36)33-16-25(30(38)39)34-43(40,41)28-21(4)12-19(2)13-22(28)5/h7-8,10-13,20,23-25,34H,6,9,14-18H2,1-5H3,(H,31,32)(H,33,36)(H,38,39). The number of carbonyl (C=O) groups excluding carboxylic acids is 2. The number of nitrogens with one attached hydrogen (secondary N) is 3. The summed E-state index contributed by atoms with van der Waals surface area (Å²) in [6.45, 7) is 9.02. The first-order chi connectivity index (χ1) is 20.3. The summed E-state index contributed by atoms with van der Waals surface area (Å²) in [5.74, 6) is -1.45. The molecule has 236 valence electrons. The van der Waals surface area contributed by atoms with Crippen LogP contribution in [0.1, 0.15) is 49.8 Å². The number of carbonyl (C=O) groups is 3. The first-order valence-corrected chi connectivity index (χ1v) is 16.0. The second-order valence-electron chi connectivity index (χ2n) is 11.1. The Balaban J connectivity index is 1.58. The molecule has 4 N–H and O–H groups in total. The van der Waals surface area contributed by atoms with Gasteiger partial charge in [0.1, 0.15) is 18.5 Å². The Morgan fingerprint density at radius 1 is 1.16 bits per heavy atom. The number of rotatable bonds is 15. The second-order valence-corrected chi connectivity index (χ2v) is 12.8. The molecule has 12 nitrogen and oxygen atoms in total. The average molecular weight is 618 g/mol. The van der Waals surface area contributed by atoms with E-state index in [-0.39, 0.29) is 29.4 Å². The van der Waals surface area contributed by atoms with E-state index in [1.165, 1.54) is 0 Å². The van der Waals surface area contributed by atoms with Crippen LogP contribution in [0.25, 0.3) is 0 Å². The molecule has 13 heteroatoms. The molecule has 4 unspecified atom stereocenters. The lowest BCUT2D eigenvalue weighted by Crippen LogP contribution is -2.49. The highest BCUT2D eigenvalue weighted by Gasteiger charge is 2.37. The summed E-state index contributed by atoms with van der Waals surface area (Å²) >= 11 is 0. The highest BCUT2D eigenvalue weighted by atomic mass is 32.2. The number of nitrogens with zero attached hydrogens (tertiary/aromatic N) is 2. The van der Waals surface area contributed by atoms with Gasteiger partial charge in [-0.2, -0.15) is 4.72 Å². The van der Waals surface area contributed by atoms with E-state index >= 15 is 0 Å². The van der Waals surface area contributed by atoms with Crippen LogP contribution in [-0.2, 0) is 29.1 Å². The third kappa shape index (κ3) is 9.47. The zero-order valence-corrected chi connectivity index (χ0v) is 26.2. The lowest BCUT2D eigenvalue weighted by atomic mass is 10.0. The van der Waals surface area contributed by atoms with Gasteiger partial charge in [0.15, 0.2) is 0 Å². The van der Waals surface area contributed by atoms with Crippen LogP contribution in [0.5, 0.6) is 0 Å². The fraction of sp³-hybridized carbons (Fsp3) is 0.533. The van der Waals surface area contributed by atoms with Gasteiger partial charge in [0, 0.05) is 31.7 Å². The van der Waals surface area contributed by atoms with Crippen molar-refractivity contribution >= 4 is 33.6 Å². The first-order valence-electron chi connectivity index (χ1n) is 14.5. The number of aromatic nitrogens is 1. The molecule has 0 aliphatic carbocycles. The van der Waals surface area contributed by atoms with Gasteiger partial charge in [0.2, 0.25) is 21.8 Å².